The maximum Gasteiger partial charge on any atom is 0.133 e. The Morgan fingerprint density at radius 1 is 0.697 bits per heavy atom. The number of carbonyl (C=O) groups is 1. The molecule has 8 unspecified atom stereocenters. The van der Waals surface area contributed by atoms with Crippen LogP contribution < -0.4 is 0 Å². The summed E-state index contributed by atoms with van der Waals surface area (Å²) < 4.78 is 0. The molecule has 1 heteroatoms. The van der Waals surface area contributed by atoms with Crippen molar-refractivity contribution in [3.63, 3.8) is 0 Å². The number of carbonyl (C=O) groups excluding carboxylic acids is 1. The van der Waals surface area contributed by atoms with Gasteiger partial charge in [0.25, 0.3) is 0 Å². The van der Waals surface area contributed by atoms with Crippen LogP contribution in [0.5, 0.6) is 0 Å². The minimum atomic E-state index is 0.344. The summed E-state index contributed by atoms with van der Waals surface area (Å²) in [5, 5.41) is 0. The number of ketones is 1. The van der Waals surface area contributed by atoms with Crippen molar-refractivity contribution in [2.75, 3.05) is 0 Å². The first-order valence-corrected chi connectivity index (χ1v) is 14.8. The van der Waals surface area contributed by atoms with Crippen LogP contribution in [0.3, 0.4) is 0 Å². The van der Waals surface area contributed by atoms with E-state index in [1.165, 1.54) is 57.8 Å². The summed E-state index contributed by atoms with van der Waals surface area (Å²) in [5.74, 6) is 4.85. The molecule has 0 radical (unpaired) electrons. The molecule has 0 heterocycles. The number of hydrogen-bond acceptors (Lipinski definition) is 1. The largest absolute Gasteiger partial charge is 0.300 e. The Bertz CT molecular complexity index is 766. The zero-order valence-corrected chi connectivity index (χ0v) is 23.9. The predicted octanol–water partition coefficient (Wildman–Crippen LogP) is 9.34. The SMILES string of the molecule is CC.CC(=O)[C@@H]1CCC2(C)CC[C@]3(C)C(CCC4C5(C)CCC(C)C(C)(C)C5CCC43C)C12. The van der Waals surface area contributed by atoms with Crippen molar-refractivity contribution >= 4 is 5.78 Å². The van der Waals surface area contributed by atoms with Crippen LogP contribution in [-0.4, -0.2) is 5.78 Å². The number of rotatable bonds is 1. The van der Waals surface area contributed by atoms with Gasteiger partial charge >= 0.3 is 0 Å². The minimum absolute atomic E-state index is 0.344. The van der Waals surface area contributed by atoms with Gasteiger partial charge in [-0.1, -0.05) is 62.3 Å². The third-order valence-electron chi connectivity index (χ3n) is 13.9. The van der Waals surface area contributed by atoms with Gasteiger partial charge in [-0.25, -0.2) is 0 Å². The highest BCUT2D eigenvalue weighted by Crippen LogP contribution is 2.77. The van der Waals surface area contributed by atoms with E-state index in [9.17, 15) is 4.79 Å². The molecule has 190 valence electrons. The van der Waals surface area contributed by atoms with E-state index in [-0.39, 0.29) is 0 Å². The maximum absolute atomic E-state index is 12.7. The minimum Gasteiger partial charge on any atom is -0.300 e. The Balaban J connectivity index is 0.00000126. The molecule has 33 heavy (non-hydrogen) atoms. The van der Waals surface area contributed by atoms with E-state index in [2.05, 4.69) is 48.5 Å². The Morgan fingerprint density at radius 3 is 2.00 bits per heavy atom. The van der Waals surface area contributed by atoms with Crippen LogP contribution in [0.1, 0.15) is 133 Å². The summed E-state index contributed by atoms with van der Waals surface area (Å²) in [6.45, 7) is 24.3. The lowest BCUT2D eigenvalue weighted by Gasteiger charge is -2.73. The van der Waals surface area contributed by atoms with Crippen LogP contribution in [0.4, 0.5) is 0 Å². The van der Waals surface area contributed by atoms with Crippen molar-refractivity contribution in [3.05, 3.63) is 0 Å². The molecule has 0 aromatic heterocycles. The van der Waals surface area contributed by atoms with Crippen molar-refractivity contribution < 1.29 is 4.79 Å². The van der Waals surface area contributed by atoms with Crippen molar-refractivity contribution in [3.8, 4) is 0 Å². The van der Waals surface area contributed by atoms with Crippen LogP contribution >= 0.6 is 0 Å². The second kappa shape index (κ2) is 8.09. The van der Waals surface area contributed by atoms with E-state index in [4.69, 9.17) is 0 Å². The van der Waals surface area contributed by atoms with Crippen LogP contribution in [-0.2, 0) is 4.79 Å². The van der Waals surface area contributed by atoms with Gasteiger partial charge in [0.05, 0.1) is 0 Å². The van der Waals surface area contributed by atoms with Gasteiger partial charge < -0.3 is 0 Å². The fourth-order valence-corrected chi connectivity index (χ4v) is 11.6. The highest BCUT2D eigenvalue weighted by molar-refractivity contribution is 5.79. The average molecular weight is 457 g/mol. The molecular weight excluding hydrogens is 400 g/mol. The molecule has 0 N–H and O–H groups in total. The van der Waals surface area contributed by atoms with Gasteiger partial charge in [0, 0.05) is 5.92 Å². The molecular formula is C32H56O. The smallest absolute Gasteiger partial charge is 0.133 e. The Morgan fingerprint density at radius 2 is 1.36 bits per heavy atom. The quantitative estimate of drug-likeness (QED) is 0.384. The average Bonchev–Trinajstić information content (AvgIpc) is 3.11. The molecule has 0 aromatic rings. The lowest BCUT2D eigenvalue weighted by molar-refractivity contribution is -0.240. The molecule has 5 fully saturated rings. The van der Waals surface area contributed by atoms with Gasteiger partial charge in [0.2, 0.25) is 0 Å². The fraction of sp³-hybridized carbons (Fsp3) is 0.969. The summed E-state index contributed by atoms with van der Waals surface area (Å²) >= 11 is 0. The maximum atomic E-state index is 12.7. The van der Waals surface area contributed by atoms with E-state index in [0.717, 1.165) is 30.1 Å². The molecule has 0 amide bonds. The second-order valence-corrected chi connectivity index (χ2v) is 14.9. The summed E-state index contributed by atoms with van der Waals surface area (Å²) in [6, 6.07) is 0. The van der Waals surface area contributed by atoms with Crippen molar-refractivity contribution in [1.82, 2.24) is 0 Å². The highest BCUT2D eigenvalue weighted by Gasteiger charge is 2.70. The topological polar surface area (TPSA) is 17.1 Å². The summed E-state index contributed by atoms with van der Waals surface area (Å²) in [5.41, 5.74) is 2.27. The van der Waals surface area contributed by atoms with E-state index >= 15 is 0 Å². The third-order valence-corrected chi connectivity index (χ3v) is 13.9. The van der Waals surface area contributed by atoms with Crippen molar-refractivity contribution in [2.24, 2.45) is 62.6 Å². The molecule has 0 aromatic carbocycles. The van der Waals surface area contributed by atoms with Crippen LogP contribution in [0, 0.1) is 62.6 Å². The van der Waals surface area contributed by atoms with Crippen LogP contribution in [0.15, 0.2) is 0 Å². The Hall–Kier alpha value is -0.330. The molecule has 5 saturated carbocycles. The van der Waals surface area contributed by atoms with Crippen LogP contribution in [0.25, 0.3) is 0 Å². The first kappa shape index (κ1) is 25.8. The summed E-state index contributed by atoms with van der Waals surface area (Å²) in [4.78, 5) is 12.7. The molecule has 0 aliphatic heterocycles. The second-order valence-electron chi connectivity index (χ2n) is 14.9. The first-order valence-electron chi connectivity index (χ1n) is 14.8. The van der Waals surface area contributed by atoms with Gasteiger partial charge in [0.15, 0.2) is 0 Å². The van der Waals surface area contributed by atoms with Gasteiger partial charge in [0.1, 0.15) is 5.78 Å². The summed E-state index contributed by atoms with van der Waals surface area (Å²) in [6.07, 6.45) is 13.7. The van der Waals surface area contributed by atoms with E-state index in [1.54, 1.807) is 0 Å². The molecule has 1 nitrogen and oxygen atoms in total. The van der Waals surface area contributed by atoms with Gasteiger partial charge in [-0.3, -0.25) is 4.79 Å². The van der Waals surface area contributed by atoms with E-state index < -0.39 is 0 Å². The monoisotopic (exact) mass is 456 g/mol. The van der Waals surface area contributed by atoms with Gasteiger partial charge in [-0.2, -0.15) is 0 Å². The first-order chi connectivity index (χ1) is 15.3. The van der Waals surface area contributed by atoms with Gasteiger partial charge in [-0.15, -0.1) is 0 Å². The lowest BCUT2D eigenvalue weighted by atomic mass is 9.32. The number of hydrogen-bond donors (Lipinski definition) is 0. The standard InChI is InChI=1S/C30H50O.C2H6/c1-19-11-15-28(6)23(26(19,3)4)13-16-30(8)24(28)10-9-22-25-21(20(2)31)12-14-27(25,5)17-18-29(22,30)7;1-2/h19,21-25H,9-18H2,1-8H3;1-2H3/t19?,21-,22?,23?,24?,25?,27?,28?,29+,30?;/m0./s1. The molecule has 0 spiro atoms. The van der Waals surface area contributed by atoms with Crippen molar-refractivity contribution in [2.45, 2.75) is 133 Å². The number of Topliss-reactive ketones (excluding diaryl/α,β-unsaturated/α-hetero) is 1. The fourth-order valence-electron chi connectivity index (χ4n) is 11.6. The zero-order valence-electron chi connectivity index (χ0n) is 23.9. The Labute approximate surface area is 206 Å². The molecule has 10 atom stereocenters. The summed E-state index contributed by atoms with van der Waals surface area (Å²) in [7, 11) is 0. The van der Waals surface area contributed by atoms with E-state index in [1.807, 2.05) is 20.8 Å². The molecule has 0 saturated heterocycles. The van der Waals surface area contributed by atoms with Crippen LogP contribution in [0.2, 0.25) is 0 Å². The third kappa shape index (κ3) is 3.25. The highest BCUT2D eigenvalue weighted by atomic mass is 16.1. The lowest BCUT2D eigenvalue weighted by Crippen LogP contribution is -2.66. The normalized spacial score (nSPS) is 54.6. The molecule has 5 aliphatic rings. The van der Waals surface area contributed by atoms with Gasteiger partial charge in [-0.05, 0) is 128 Å². The van der Waals surface area contributed by atoms with E-state index in [0.29, 0.717) is 44.7 Å². The van der Waals surface area contributed by atoms with Crippen molar-refractivity contribution in [1.29, 1.82) is 0 Å². The molecule has 5 rings (SSSR count). The number of fused-ring (bicyclic) bond motifs is 7. The zero-order chi connectivity index (χ0) is 24.6. The predicted molar refractivity (Wildman–Crippen MR) is 141 cm³/mol. The Kier molecular flexibility index (Phi) is 6.32. The molecule has 0 bridgehead atoms. The molecule has 5 aliphatic carbocycles.